The van der Waals surface area contributed by atoms with Crippen molar-refractivity contribution < 1.29 is 18.7 Å². The standard InChI is InChI=1S/C26H31FN2O5Si/c1-17-15-29(25(32)28-23(17)31)24-21(27)22(30)20(34-24)16-33-35(26(2,3)4,18-11-7-5-8-12-18)19-13-9-6-10-14-19/h5-15,20-22,24,30H,16H2,1-4H3,(H,28,31,32)/t20-,21+,22-,24-/m1/s1. The van der Waals surface area contributed by atoms with Gasteiger partial charge < -0.3 is 14.3 Å². The molecule has 2 N–H and O–H groups in total. The first-order valence-electron chi connectivity index (χ1n) is 11.6. The summed E-state index contributed by atoms with van der Waals surface area (Å²) in [6.45, 7) is 7.80. The van der Waals surface area contributed by atoms with E-state index in [1.54, 1.807) is 0 Å². The van der Waals surface area contributed by atoms with E-state index in [9.17, 15) is 14.7 Å². The number of aliphatic hydroxyl groups excluding tert-OH is 1. The molecule has 0 spiro atoms. The molecule has 0 unspecified atom stereocenters. The van der Waals surface area contributed by atoms with Gasteiger partial charge in [-0.25, -0.2) is 9.18 Å². The number of benzene rings is 2. The van der Waals surface area contributed by atoms with E-state index in [4.69, 9.17) is 9.16 Å². The Hall–Kier alpha value is -2.85. The highest BCUT2D eigenvalue weighted by molar-refractivity contribution is 6.99. The third kappa shape index (κ3) is 4.56. The van der Waals surface area contributed by atoms with E-state index < -0.39 is 44.2 Å². The van der Waals surface area contributed by atoms with Crippen molar-refractivity contribution in [3.63, 3.8) is 0 Å². The molecule has 1 fully saturated rings. The lowest BCUT2D eigenvalue weighted by atomic mass is 10.1. The van der Waals surface area contributed by atoms with Gasteiger partial charge in [0.2, 0.25) is 0 Å². The zero-order chi connectivity index (χ0) is 25.4. The van der Waals surface area contributed by atoms with E-state index in [1.165, 1.54) is 13.1 Å². The minimum Gasteiger partial charge on any atom is -0.405 e. The van der Waals surface area contributed by atoms with Crippen LogP contribution in [0.3, 0.4) is 0 Å². The molecule has 1 aliphatic rings. The van der Waals surface area contributed by atoms with Crippen LogP contribution in [0.25, 0.3) is 0 Å². The highest BCUT2D eigenvalue weighted by Gasteiger charge is 2.52. The maximum absolute atomic E-state index is 15.2. The van der Waals surface area contributed by atoms with Gasteiger partial charge in [-0.15, -0.1) is 0 Å². The van der Waals surface area contributed by atoms with Crippen LogP contribution >= 0.6 is 0 Å². The van der Waals surface area contributed by atoms with Gasteiger partial charge in [-0.2, -0.15) is 0 Å². The second-order valence-corrected chi connectivity index (χ2v) is 14.3. The minimum atomic E-state index is -2.93. The van der Waals surface area contributed by atoms with Crippen LogP contribution in [0.15, 0.2) is 76.4 Å². The second-order valence-electron chi connectivity index (χ2n) is 9.95. The summed E-state index contributed by atoms with van der Waals surface area (Å²) in [6.07, 6.45) is -4.50. The first-order valence-corrected chi connectivity index (χ1v) is 13.5. The van der Waals surface area contributed by atoms with Gasteiger partial charge in [0.1, 0.15) is 12.2 Å². The van der Waals surface area contributed by atoms with Crippen LogP contribution in [0.4, 0.5) is 4.39 Å². The van der Waals surface area contributed by atoms with Crippen LogP contribution in [0.2, 0.25) is 5.04 Å². The smallest absolute Gasteiger partial charge is 0.330 e. The van der Waals surface area contributed by atoms with Gasteiger partial charge in [0.15, 0.2) is 12.4 Å². The molecule has 7 nitrogen and oxygen atoms in total. The molecule has 0 amide bonds. The molecule has 0 saturated carbocycles. The number of nitrogens with zero attached hydrogens (tertiary/aromatic N) is 1. The molecule has 2 heterocycles. The number of rotatable bonds is 6. The van der Waals surface area contributed by atoms with Crippen molar-refractivity contribution in [2.75, 3.05) is 6.61 Å². The number of hydrogen-bond donors (Lipinski definition) is 2. The Morgan fingerprint density at radius 2 is 1.60 bits per heavy atom. The zero-order valence-corrected chi connectivity index (χ0v) is 21.3. The van der Waals surface area contributed by atoms with Crippen molar-refractivity contribution >= 4 is 18.7 Å². The van der Waals surface area contributed by atoms with Crippen LogP contribution in [0, 0.1) is 6.92 Å². The SMILES string of the molecule is Cc1cn([C@@H]2O[C@H](CO[Si](c3ccccc3)(c3ccccc3)C(C)(C)C)[C@@H](O)[C@@H]2F)c(=O)[nH]c1=O. The van der Waals surface area contributed by atoms with Gasteiger partial charge in [-0.1, -0.05) is 81.4 Å². The van der Waals surface area contributed by atoms with Crippen molar-refractivity contribution in [3.8, 4) is 0 Å². The Morgan fingerprint density at radius 3 is 2.11 bits per heavy atom. The number of H-pyrrole nitrogens is 1. The summed E-state index contributed by atoms with van der Waals surface area (Å²) < 4.78 is 28.7. The number of ether oxygens (including phenoxy) is 1. The number of aromatic amines is 1. The fourth-order valence-corrected chi connectivity index (χ4v) is 9.38. The lowest BCUT2D eigenvalue weighted by Gasteiger charge is -2.43. The van der Waals surface area contributed by atoms with Crippen LogP contribution in [-0.4, -0.2) is 48.0 Å². The number of halogens is 1. The highest BCUT2D eigenvalue weighted by atomic mass is 28.4. The number of aliphatic hydroxyl groups is 1. The summed E-state index contributed by atoms with van der Waals surface area (Å²) in [5, 5.41) is 12.5. The van der Waals surface area contributed by atoms with Crippen LogP contribution in [0.5, 0.6) is 0 Å². The van der Waals surface area contributed by atoms with E-state index in [-0.39, 0.29) is 17.2 Å². The van der Waals surface area contributed by atoms with Gasteiger partial charge in [0.25, 0.3) is 13.9 Å². The quantitative estimate of drug-likeness (QED) is 0.508. The fraction of sp³-hybridized carbons (Fsp3) is 0.385. The molecule has 3 aromatic rings. The largest absolute Gasteiger partial charge is 0.405 e. The predicted octanol–water partition coefficient (Wildman–Crippen LogP) is 2.02. The number of aryl methyl sites for hydroxylation is 1. The molecule has 4 atom stereocenters. The topological polar surface area (TPSA) is 93.6 Å². The van der Waals surface area contributed by atoms with Crippen LogP contribution < -0.4 is 21.6 Å². The molecule has 0 radical (unpaired) electrons. The van der Waals surface area contributed by atoms with Crippen molar-refractivity contribution in [1.82, 2.24) is 9.55 Å². The number of alkyl halides is 1. The predicted molar refractivity (Wildman–Crippen MR) is 134 cm³/mol. The Kier molecular flexibility index (Phi) is 6.96. The number of nitrogens with one attached hydrogen (secondary N) is 1. The van der Waals surface area contributed by atoms with Gasteiger partial charge in [0.05, 0.1) is 6.61 Å². The van der Waals surface area contributed by atoms with Gasteiger partial charge >= 0.3 is 5.69 Å². The maximum atomic E-state index is 15.2. The summed E-state index contributed by atoms with van der Waals surface area (Å²) in [7, 11) is -2.93. The summed E-state index contributed by atoms with van der Waals surface area (Å²) in [5.41, 5.74) is -1.11. The second kappa shape index (κ2) is 9.66. The van der Waals surface area contributed by atoms with Gasteiger partial charge in [0, 0.05) is 11.8 Å². The van der Waals surface area contributed by atoms with E-state index in [2.05, 4.69) is 25.8 Å². The third-order valence-electron chi connectivity index (χ3n) is 6.59. The minimum absolute atomic E-state index is 0.0670. The number of aromatic nitrogens is 2. The zero-order valence-electron chi connectivity index (χ0n) is 20.3. The van der Waals surface area contributed by atoms with Crippen molar-refractivity contribution in [3.05, 3.63) is 93.3 Å². The average Bonchev–Trinajstić information content (AvgIpc) is 3.11. The first-order chi connectivity index (χ1) is 16.6. The third-order valence-corrected chi connectivity index (χ3v) is 11.6. The molecular weight excluding hydrogens is 467 g/mol. The van der Waals surface area contributed by atoms with Crippen molar-refractivity contribution in [2.45, 2.75) is 57.3 Å². The molecule has 0 bridgehead atoms. The fourth-order valence-electron chi connectivity index (χ4n) is 4.81. The Bertz CT molecular complexity index is 1230. The Labute approximate surface area is 204 Å². The van der Waals surface area contributed by atoms with Gasteiger partial charge in [-0.3, -0.25) is 14.3 Å². The normalized spacial score (nSPS) is 22.9. The molecule has 2 aromatic carbocycles. The Morgan fingerprint density at radius 1 is 1.06 bits per heavy atom. The molecule has 35 heavy (non-hydrogen) atoms. The molecule has 9 heteroatoms. The molecular formula is C26H31FN2O5Si. The van der Waals surface area contributed by atoms with Crippen LogP contribution in [-0.2, 0) is 9.16 Å². The first kappa shape index (κ1) is 25.2. The molecule has 1 aromatic heterocycles. The van der Waals surface area contributed by atoms with Crippen molar-refractivity contribution in [2.24, 2.45) is 0 Å². The van der Waals surface area contributed by atoms with E-state index in [0.29, 0.717) is 0 Å². The van der Waals surface area contributed by atoms with Crippen LogP contribution in [0.1, 0.15) is 32.6 Å². The summed E-state index contributed by atoms with van der Waals surface area (Å²) >= 11 is 0. The summed E-state index contributed by atoms with van der Waals surface area (Å²) in [5.74, 6) is 0. The molecule has 0 aliphatic carbocycles. The maximum Gasteiger partial charge on any atom is 0.330 e. The Balaban J connectivity index is 1.69. The lowest BCUT2D eigenvalue weighted by Crippen LogP contribution is -2.67. The van der Waals surface area contributed by atoms with Crippen molar-refractivity contribution in [1.29, 1.82) is 0 Å². The molecule has 1 aliphatic heterocycles. The average molecular weight is 499 g/mol. The van der Waals surface area contributed by atoms with E-state index in [0.717, 1.165) is 14.9 Å². The molecule has 1 saturated heterocycles. The van der Waals surface area contributed by atoms with E-state index >= 15 is 4.39 Å². The summed E-state index contributed by atoms with van der Waals surface area (Å²) in [6, 6.07) is 19.9. The highest BCUT2D eigenvalue weighted by Crippen LogP contribution is 2.38. The molecule has 4 rings (SSSR count). The lowest BCUT2D eigenvalue weighted by molar-refractivity contribution is -0.0462. The monoisotopic (exact) mass is 498 g/mol. The summed E-state index contributed by atoms with van der Waals surface area (Å²) in [4.78, 5) is 26.2. The van der Waals surface area contributed by atoms with E-state index in [1.807, 2.05) is 60.7 Å². The van der Waals surface area contributed by atoms with Gasteiger partial charge in [-0.05, 0) is 22.3 Å². The number of hydrogen-bond acceptors (Lipinski definition) is 5. The molecule has 186 valence electrons.